The van der Waals surface area contributed by atoms with Crippen molar-refractivity contribution in [1.29, 1.82) is 0 Å². The third-order valence-electron chi connectivity index (χ3n) is 7.60. The number of amides is 2. The fourth-order valence-corrected chi connectivity index (χ4v) is 5.87. The molecule has 0 N–H and O–H groups in total. The molecule has 2 saturated heterocycles. The zero-order valence-corrected chi connectivity index (χ0v) is 20.6. The Bertz CT molecular complexity index is 1380. The maximum absolute atomic E-state index is 14.0. The van der Waals surface area contributed by atoms with Crippen LogP contribution in [0.4, 0.5) is 11.4 Å². The van der Waals surface area contributed by atoms with Crippen molar-refractivity contribution in [2.45, 2.75) is 31.8 Å². The molecule has 37 heavy (non-hydrogen) atoms. The Balaban J connectivity index is 1.38. The van der Waals surface area contributed by atoms with Gasteiger partial charge in [-0.1, -0.05) is 74.0 Å². The lowest BCUT2D eigenvalue weighted by molar-refractivity contribution is -0.122. The third kappa shape index (κ3) is 3.75. The van der Waals surface area contributed by atoms with E-state index >= 15 is 0 Å². The van der Waals surface area contributed by atoms with E-state index in [4.69, 9.17) is 4.74 Å². The summed E-state index contributed by atoms with van der Waals surface area (Å²) >= 11 is 0. The van der Waals surface area contributed by atoms with E-state index in [-0.39, 0.29) is 23.6 Å². The predicted octanol–water partition coefficient (Wildman–Crippen LogP) is 5.14. The van der Waals surface area contributed by atoms with Gasteiger partial charge >= 0.3 is 0 Å². The molecule has 3 aliphatic rings. The first-order valence-electron chi connectivity index (χ1n) is 12.9. The van der Waals surface area contributed by atoms with E-state index in [1.165, 1.54) is 4.90 Å². The summed E-state index contributed by atoms with van der Waals surface area (Å²) in [7, 11) is 0. The molecular weight excluding hydrogens is 464 g/mol. The standard InChI is InChI=1S/C31H28N2O4/c1-2-3-19-37-23-16-14-22(15-17-23)32-30(35)26-25-18-13-20-9-7-8-12-24(20)33(25)28(27(26)31(32)36)29(34)21-10-5-4-6-11-21/h4-18,25-28H,2-3,19H2,1H3/t25-,26-,27-,28+/m1/s1. The van der Waals surface area contributed by atoms with Gasteiger partial charge in [0, 0.05) is 11.3 Å². The number of carbonyl (C=O) groups is 3. The van der Waals surface area contributed by atoms with Gasteiger partial charge in [0.2, 0.25) is 11.8 Å². The number of rotatable bonds is 7. The molecule has 0 bridgehead atoms. The third-order valence-corrected chi connectivity index (χ3v) is 7.60. The predicted molar refractivity (Wildman–Crippen MR) is 143 cm³/mol. The van der Waals surface area contributed by atoms with Crippen molar-refractivity contribution < 1.29 is 19.1 Å². The van der Waals surface area contributed by atoms with Crippen LogP contribution in [0.15, 0.2) is 84.9 Å². The molecule has 3 aliphatic heterocycles. The second-order valence-corrected chi connectivity index (χ2v) is 9.75. The van der Waals surface area contributed by atoms with E-state index in [2.05, 4.69) is 6.92 Å². The van der Waals surface area contributed by atoms with Crippen LogP contribution in [0.25, 0.3) is 6.08 Å². The number of ether oxygens (including phenoxy) is 1. The molecular formula is C31H28N2O4. The molecule has 3 heterocycles. The van der Waals surface area contributed by atoms with Crippen molar-refractivity contribution >= 4 is 35.0 Å². The molecule has 6 heteroatoms. The van der Waals surface area contributed by atoms with Gasteiger partial charge in [-0.2, -0.15) is 0 Å². The summed E-state index contributed by atoms with van der Waals surface area (Å²) in [5.74, 6) is -1.46. The van der Waals surface area contributed by atoms with Crippen LogP contribution in [0.2, 0.25) is 0 Å². The van der Waals surface area contributed by atoms with E-state index in [0.717, 1.165) is 24.1 Å². The molecule has 0 aliphatic carbocycles. The Kier molecular flexibility index (Phi) is 5.87. The minimum atomic E-state index is -0.776. The first-order valence-corrected chi connectivity index (χ1v) is 12.9. The largest absolute Gasteiger partial charge is 0.494 e. The number of unbranched alkanes of at least 4 members (excludes halogenated alkanes) is 1. The average molecular weight is 493 g/mol. The number of anilines is 2. The highest BCUT2D eigenvalue weighted by molar-refractivity contribution is 6.25. The number of hydrogen-bond donors (Lipinski definition) is 0. The summed E-state index contributed by atoms with van der Waals surface area (Å²) in [4.78, 5) is 45.1. The SMILES string of the molecule is CCCCOc1ccc(N2C(=O)[C@@H]3[C@H](C2=O)[C@H]2C=Cc4ccccc4N2[C@@H]3C(=O)c2ccccc2)cc1. The summed E-state index contributed by atoms with van der Waals surface area (Å²) < 4.78 is 5.74. The maximum Gasteiger partial charge on any atom is 0.240 e. The molecule has 3 aromatic carbocycles. The highest BCUT2D eigenvalue weighted by Gasteiger charge is 2.64. The van der Waals surface area contributed by atoms with E-state index < -0.39 is 17.9 Å². The summed E-state index contributed by atoms with van der Waals surface area (Å²) in [5, 5.41) is 0. The van der Waals surface area contributed by atoms with Crippen LogP contribution in [0.3, 0.4) is 0 Å². The molecule has 6 rings (SSSR count). The van der Waals surface area contributed by atoms with Gasteiger partial charge in [-0.25, -0.2) is 4.90 Å². The Labute approximate surface area is 216 Å². The molecule has 4 atom stereocenters. The van der Waals surface area contributed by atoms with Crippen LogP contribution in [-0.2, 0) is 9.59 Å². The molecule has 0 spiro atoms. The Morgan fingerprint density at radius 3 is 2.32 bits per heavy atom. The van der Waals surface area contributed by atoms with Crippen LogP contribution in [0.5, 0.6) is 5.75 Å². The van der Waals surface area contributed by atoms with Crippen LogP contribution in [0.1, 0.15) is 35.7 Å². The smallest absolute Gasteiger partial charge is 0.240 e. The zero-order chi connectivity index (χ0) is 25.5. The van der Waals surface area contributed by atoms with Crippen molar-refractivity contribution in [3.63, 3.8) is 0 Å². The fraction of sp³-hybridized carbons (Fsp3) is 0.258. The number of Topliss-reactive ketones (excluding diaryl/α,β-unsaturated/α-hetero) is 1. The van der Waals surface area contributed by atoms with Gasteiger partial charge in [0.05, 0.1) is 30.2 Å². The molecule has 2 fully saturated rings. The van der Waals surface area contributed by atoms with Crippen LogP contribution < -0.4 is 14.5 Å². The fourth-order valence-electron chi connectivity index (χ4n) is 5.87. The Morgan fingerprint density at radius 1 is 0.865 bits per heavy atom. The van der Waals surface area contributed by atoms with Crippen molar-refractivity contribution in [2.24, 2.45) is 11.8 Å². The summed E-state index contributed by atoms with van der Waals surface area (Å²) in [5.41, 5.74) is 2.88. The van der Waals surface area contributed by atoms with Gasteiger partial charge in [0.25, 0.3) is 0 Å². The molecule has 6 nitrogen and oxygen atoms in total. The van der Waals surface area contributed by atoms with Crippen LogP contribution in [-0.4, -0.2) is 36.3 Å². The second kappa shape index (κ2) is 9.36. The first kappa shape index (κ1) is 23.2. The summed E-state index contributed by atoms with van der Waals surface area (Å²) in [6.45, 7) is 2.72. The lowest BCUT2D eigenvalue weighted by atomic mass is 9.86. The van der Waals surface area contributed by atoms with Gasteiger partial charge in [0.1, 0.15) is 11.8 Å². The second-order valence-electron chi connectivity index (χ2n) is 9.75. The lowest BCUT2D eigenvalue weighted by Gasteiger charge is -2.36. The number of nitrogens with zero attached hydrogens (tertiary/aromatic N) is 2. The molecule has 2 amide bonds. The highest BCUT2D eigenvalue weighted by atomic mass is 16.5. The number of hydrogen-bond acceptors (Lipinski definition) is 5. The van der Waals surface area contributed by atoms with Crippen molar-refractivity contribution in [2.75, 3.05) is 16.4 Å². The number of ketones is 1. The number of para-hydroxylation sites is 1. The first-order chi connectivity index (χ1) is 18.1. The van der Waals surface area contributed by atoms with Crippen molar-refractivity contribution in [1.82, 2.24) is 0 Å². The lowest BCUT2D eigenvalue weighted by Crippen LogP contribution is -2.48. The van der Waals surface area contributed by atoms with Gasteiger partial charge in [-0.3, -0.25) is 14.4 Å². The van der Waals surface area contributed by atoms with Crippen molar-refractivity contribution in [3.05, 3.63) is 96.1 Å². The van der Waals surface area contributed by atoms with Gasteiger partial charge in [0.15, 0.2) is 5.78 Å². The van der Waals surface area contributed by atoms with Gasteiger partial charge < -0.3 is 9.64 Å². The van der Waals surface area contributed by atoms with Crippen LogP contribution >= 0.6 is 0 Å². The average Bonchev–Trinajstić information content (AvgIpc) is 3.42. The zero-order valence-electron chi connectivity index (χ0n) is 20.6. The number of fused-ring (bicyclic) bond motifs is 5. The van der Waals surface area contributed by atoms with Crippen molar-refractivity contribution in [3.8, 4) is 5.75 Å². The van der Waals surface area contributed by atoms with E-state index in [9.17, 15) is 14.4 Å². The summed E-state index contributed by atoms with van der Waals surface area (Å²) in [6, 6.07) is 22.8. The molecule has 0 saturated carbocycles. The number of imide groups is 1. The van der Waals surface area contributed by atoms with E-state index in [0.29, 0.717) is 23.6 Å². The van der Waals surface area contributed by atoms with Crippen LogP contribution in [0, 0.1) is 11.8 Å². The van der Waals surface area contributed by atoms with E-state index in [1.807, 2.05) is 59.5 Å². The molecule has 0 unspecified atom stereocenters. The topological polar surface area (TPSA) is 66.9 Å². The molecule has 0 aromatic heterocycles. The normalized spacial score (nSPS) is 23.6. The maximum atomic E-state index is 14.0. The highest BCUT2D eigenvalue weighted by Crippen LogP contribution is 2.49. The quantitative estimate of drug-likeness (QED) is 0.260. The number of benzene rings is 3. The molecule has 3 aromatic rings. The van der Waals surface area contributed by atoms with E-state index in [1.54, 1.807) is 36.4 Å². The monoisotopic (exact) mass is 492 g/mol. The summed E-state index contributed by atoms with van der Waals surface area (Å²) in [6.07, 6.45) is 5.96. The van der Waals surface area contributed by atoms with Gasteiger partial charge in [-0.05, 0) is 42.3 Å². The molecule has 0 radical (unpaired) electrons. The molecule has 186 valence electrons. The Hall–Kier alpha value is -4.19. The minimum Gasteiger partial charge on any atom is -0.494 e. The minimum absolute atomic E-state index is 0.147. The Morgan fingerprint density at radius 2 is 1.57 bits per heavy atom. The number of carbonyl (C=O) groups excluding carboxylic acids is 3. The van der Waals surface area contributed by atoms with Gasteiger partial charge in [-0.15, -0.1) is 0 Å².